The molecule has 0 bridgehead atoms. The number of para-hydroxylation sites is 3. The predicted octanol–water partition coefficient (Wildman–Crippen LogP) is 5.78. The van der Waals surface area contributed by atoms with E-state index in [1.54, 1.807) is 0 Å². The highest BCUT2D eigenvalue weighted by atomic mass is 16.5. The second-order valence-electron chi connectivity index (χ2n) is 5.62. The molecule has 2 rings (SSSR count). The van der Waals surface area contributed by atoms with E-state index in [1.165, 1.54) is 19.3 Å². The third-order valence-electron chi connectivity index (χ3n) is 3.64. The van der Waals surface area contributed by atoms with Crippen LogP contribution in [0.4, 0.5) is 5.69 Å². The molecule has 0 aromatic heterocycles. The minimum absolute atomic E-state index is 0.0469. The number of nitrogens with one attached hydrogen (secondary N) is 1. The third kappa shape index (κ3) is 6.15. The number of amides is 1. The Morgan fingerprint density at radius 1 is 0.913 bits per heavy atom. The minimum atomic E-state index is 0.0469. The number of unbranched alkanes of at least 4 members (excludes halogenated alkanes) is 4. The van der Waals surface area contributed by atoms with E-state index >= 15 is 0 Å². The summed E-state index contributed by atoms with van der Waals surface area (Å²) in [7, 11) is 0. The first-order valence-electron chi connectivity index (χ1n) is 8.41. The molecule has 2 aromatic carbocycles. The number of rotatable bonds is 9. The van der Waals surface area contributed by atoms with Crippen LogP contribution in [0.1, 0.15) is 45.4 Å². The van der Waals surface area contributed by atoms with E-state index in [0.29, 0.717) is 12.2 Å². The number of anilines is 1. The third-order valence-corrected chi connectivity index (χ3v) is 3.64. The van der Waals surface area contributed by atoms with Gasteiger partial charge in [-0.3, -0.25) is 4.79 Å². The quantitative estimate of drug-likeness (QED) is 0.596. The monoisotopic (exact) mass is 311 g/mol. The van der Waals surface area contributed by atoms with Gasteiger partial charge in [-0.25, -0.2) is 0 Å². The molecule has 0 atom stereocenters. The first-order valence-corrected chi connectivity index (χ1v) is 8.41. The van der Waals surface area contributed by atoms with Gasteiger partial charge in [0, 0.05) is 6.42 Å². The number of hydrogen-bond acceptors (Lipinski definition) is 2. The summed E-state index contributed by atoms with van der Waals surface area (Å²) in [6, 6.07) is 17.1. The highest BCUT2D eigenvalue weighted by Crippen LogP contribution is 2.29. The molecule has 0 saturated carbocycles. The van der Waals surface area contributed by atoms with Gasteiger partial charge in [0.05, 0.1) is 5.69 Å². The number of benzene rings is 2. The summed E-state index contributed by atoms with van der Waals surface area (Å²) in [5.74, 6) is 1.47. The zero-order valence-electron chi connectivity index (χ0n) is 13.8. The van der Waals surface area contributed by atoms with Crippen molar-refractivity contribution < 1.29 is 9.53 Å². The SMILES string of the molecule is CCCCCCCC(=O)Nc1ccccc1Oc1ccccc1. The van der Waals surface area contributed by atoms with Crippen LogP contribution in [0.5, 0.6) is 11.5 Å². The Hall–Kier alpha value is -2.29. The van der Waals surface area contributed by atoms with Gasteiger partial charge < -0.3 is 10.1 Å². The van der Waals surface area contributed by atoms with Crippen LogP contribution >= 0.6 is 0 Å². The van der Waals surface area contributed by atoms with Gasteiger partial charge in [0.25, 0.3) is 0 Å². The van der Waals surface area contributed by atoms with Crippen LogP contribution in [0.3, 0.4) is 0 Å². The summed E-state index contributed by atoms with van der Waals surface area (Å²) < 4.78 is 5.85. The Kier molecular flexibility index (Phi) is 7.18. The van der Waals surface area contributed by atoms with Crippen LogP contribution in [0.25, 0.3) is 0 Å². The second-order valence-corrected chi connectivity index (χ2v) is 5.62. The molecule has 0 unspecified atom stereocenters. The summed E-state index contributed by atoms with van der Waals surface area (Å²) in [6.07, 6.45) is 6.28. The molecule has 0 aliphatic rings. The zero-order valence-corrected chi connectivity index (χ0v) is 13.8. The van der Waals surface area contributed by atoms with Crippen molar-refractivity contribution >= 4 is 11.6 Å². The minimum Gasteiger partial charge on any atom is -0.455 e. The fraction of sp³-hybridized carbons (Fsp3) is 0.350. The van der Waals surface area contributed by atoms with Gasteiger partial charge in [-0.15, -0.1) is 0 Å². The number of hydrogen-bond donors (Lipinski definition) is 1. The molecule has 0 fully saturated rings. The number of carbonyl (C=O) groups is 1. The van der Waals surface area contributed by atoms with E-state index in [9.17, 15) is 4.79 Å². The van der Waals surface area contributed by atoms with Gasteiger partial charge in [0.15, 0.2) is 5.75 Å². The standard InChI is InChI=1S/C20H25NO2/c1-2-3-4-5-9-16-20(22)21-18-14-10-11-15-19(18)23-17-12-7-6-8-13-17/h6-8,10-15H,2-5,9,16H2,1H3,(H,21,22). The van der Waals surface area contributed by atoms with Crippen molar-refractivity contribution in [3.63, 3.8) is 0 Å². The average molecular weight is 311 g/mol. The van der Waals surface area contributed by atoms with Crippen molar-refractivity contribution in [1.82, 2.24) is 0 Å². The van der Waals surface area contributed by atoms with Crippen molar-refractivity contribution in [2.45, 2.75) is 45.4 Å². The largest absolute Gasteiger partial charge is 0.455 e. The summed E-state index contributed by atoms with van der Waals surface area (Å²) in [6.45, 7) is 2.19. The van der Waals surface area contributed by atoms with Crippen LogP contribution in [0, 0.1) is 0 Å². The maximum absolute atomic E-state index is 12.1. The summed E-state index contributed by atoms with van der Waals surface area (Å²) in [4.78, 5) is 12.1. The molecule has 0 radical (unpaired) electrons. The average Bonchev–Trinajstić information content (AvgIpc) is 2.57. The lowest BCUT2D eigenvalue weighted by Crippen LogP contribution is -2.11. The predicted molar refractivity (Wildman–Crippen MR) is 95.0 cm³/mol. The Bertz CT molecular complexity index is 596. The van der Waals surface area contributed by atoms with E-state index in [2.05, 4.69) is 12.2 Å². The number of carbonyl (C=O) groups excluding carboxylic acids is 1. The van der Waals surface area contributed by atoms with Crippen LogP contribution in [-0.4, -0.2) is 5.91 Å². The van der Waals surface area contributed by atoms with E-state index < -0.39 is 0 Å². The van der Waals surface area contributed by atoms with Crippen molar-refractivity contribution in [3.8, 4) is 11.5 Å². The topological polar surface area (TPSA) is 38.3 Å². The second kappa shape index (κ2) is 9.67. The Labute approximate surface area is 138 Å². The summed E-state index contributed by atoms with van der Waals surface area (Å²) in [5, 5.41) is 2.96. The molecule has 0 heterocycles. The molecule has 3 heteroatoms. The van der Waals surface area contributed by atoms with E-state index in [0.717, 1.165) is 24.3 Å². The summed E-state index contributed by atoms with van der Waals surface area (Å²) >= 11 is 0. The van der Waals surface area contributed by atoms with Gasteiger partial charge >= 0.3 is 0 Å². The fourth-order valence-electron chi connectivity index (χ4n) is 2.38. The fourth-order valence-corrected chi connectivity index (χ4v) is 2.38. The van der Waals surface area contributed by atoms with Crippen LogP contribution in [-0.2, 0) is 4.79 Å². The normalized spacial score (nSPS) is 10.3. The first-order chi connectivity index (χ1) is 11.3. The lowest BCUT2D eigenvalue weighted by Gasteiger charge is -2.12. The van der Waals surface area contributed by atoms with Crippen molar-refractivity contribution in [2.24, 2.45) is 0 Å². The smallest absolute Gasteiger partial charge is 0.224 e. The molecule has 3 nitrogen and oxygen atoms in total. The summed E-state index contributed by atoms with van der Waals surface area (Å²) in [5.41, 5.74) is 0.718. The molecule has 2 aromatic rings. The zero-order chi connectivity index (χ0) is 16.3. The van der Waals surface area contributed by atoms with Crippen LogP contribution < -0.4 is 10.1 Å². The molecule has 23 heavy (non-hydrogen) atoms. The molecule has 0 spiro atoms. The Morgan fingerprint density at radius 2 is 1.61 bits per heavy atom. The lowest BCUT2D eigenvalue weighted by atomic mass is 10.1. The maximum Gasteiger partial charge on any atom is 0.224 e. The molecular formula is C20H25NO2. The highest BCUT2D eigenvalue weighted by molar-refractivity contribution is 5.92. The molecule has 0 aliphatic carbocycles. The van der Waals surface area contributed by atoms with Gasteiger partial charge in [-0.2, -0.15) is 0 Å². The van der Waals surface area contributed by atoms with Crippen molar-refractivity contribution in [2.75, 3.05) is 5.32 Å². The van der Waals surface area contributed by atoms with Crippen LogP contribution in [0.15, 0.2) is 54.6 Å². The van der Waals surface area contributed by atoms with Crippen LogP contribution in [0.2, 0.25) is 0 Å². The van der Waals surface area contributed by atoms with E-state index in [1.807, 2.05) is 54.6 Å². The van der Waals surface area contributed by atoms with Crippen molar-refractivity contribution in [1.29, 1.82) is 0 Å². The van der Waals surface area contributed by atoms with Gasteiger partial charge in [0.2, 0.25) is 5.91 Å². The maximum atomic E-state index is 12.1. The molecular weight excluding hydrogens is 286 g/mol. The Balaban J connectivity index is 1.88. The Morgan fingerprint density at radius 3 is 2.39 bits per heavy atom. The molecule has 1 amide bonds. The van der Waals surface area contributed by atoms with Gasteiger partial charge in [-0.1, -0.05) is 62.9 Å². The van der Waals surface area contributed by atoms with E-state index in [-0.39, 0.29) is 5.91 Å². The molecule has 122 valence electrons. The molecule has 1 N–H and O–H groups in total. The first kappa shape index (κ1) is 17.1. The molecule has 0 aliphatic heterocycles. The highest BCUT2D eigenvalue weighted by Gasteiger charge is 2.08. The molecule has 0 saturated heterocycles. The number of ether oxygens (including phenoxy) is 1. The lowest BCUT2D eigenvalue weighted by molar-refractivity contribution is -0.116. The van der Waals surface area contributed by atoms with Gasteiger partial charge in [0.1, 0.15) is 5.75 Å². The van der Waals surface area contributed by atoms with Gasteiger partial charge in [-0.05, 0) is 30.7 Å². The van der Waals surface area contributed by atoms with E-state index in [4.69, 9.17) is 4.74 Å². The van der Waals surface area contributed by atoms with Crippen molar-refractivity contribution in [3.05, 3.63) is 54.6 Å².